The summed E-state index contributed by atoms with van der Waals surface area (Å²) in [7, 11) is 1.71. The fourth-order valence-electron chi connectivity index (χ4n) is 2.20. The first-order chi connectivity index (χ1) is 7.65. The second-order valence-corrected chi connectivity index (χ2v) is 4.22. The van der Waals surface area contributed by atoms with Crippen molar-refractivity contribution in [3.63, 3.8) is 0 Å². The van der Waals surface area contributed by atoms with E-state index < -0.39 is 17.5 Å². The van der Waals surface area contributed by atoms with Gasteiger partial charge >= 0.3 is 0 Å². The molecule has 1 aromatic carbocycles. The molecule has 1 aliphatic carbocycles. The van der Waals surface area contributed by atoms with E-state index in [1.807, 2.05) is 0 Å². The van der Waals surface area contributed by atoms with Crippen LogP contribution >= 0.6 is 0 Å². The maximum atomic E-state index is 13.6. The molecule has 1 atom stereocenters. The van der Waals surface area contributed by atoms with Crippen molar-refractivity contribution in [2.45, 2.75) is 25.3 Å². The van der Waals surface area contributed by atoms with Crippen LogP contribution in [0.3, 0.4) is 0 Å². The minimum atomic E-state index is -1.38. The number of benzene rings is 1. The SMILES string of the molecule is CNC(c1ccc(F)c(F)c1F)C1CCC1. The van der Waals surface area contributed by atoms with E-state index in [4.69, 9.17) is 0 Å². The summed E-state index contributed by atoms with van der Waals surface area (Å²) in [5, 5.41) is 2.98. The van der Waals surface area contributed by atoms with Crippen LogP contribution in [0.1, 0.15) is 30.9 Å². The topological polar surface area (TPSA) is 12.0 Å². The fourth-order valence-corrected chi connectivity index (χ4v) is 2.20. The first kappa shape index (κ1) is 11.5. The third-order valence-corrected chi connectivity index (χ3v) is 3.33. The number of hydrogen-bond donors (Lipinski definition) is 1. The maximum Gasteiger partial charge on any atom is 0.194 e. The smallest absolute Gasteiger partial charge is 0.194 e. The van der Waals surface area contributed by atoms with Crippen molar-refractivity contribution in [1.82, 2.24) is 5.32 Å². The standard InChI is InChI=1S/C12H14F3N/c1-16-12(7-3-2-4-7)8-5-6-9(13)11(15)10(8)14/h5-7,12,16H,2-4H2,1H3. The van der Waals surface area contributed by atoms with E-state index >= 15 is 0 Å². The molecule has 0 bridgehead atoms. The lowest BCUT2D eigenvalue weighted by Crippen LogP contribution is -2.30. The quantitative estimate of drug-likeness (QED) is 0.785. The minimum Gasteiger partial charge on any atom is -0.313 e. The van der Waals surface area contributed by atoms with Gasteiger partial charge < -0.3 is 5.32 Å². The van der Waals surface area contributed by atoms with Crippen molar-refractivity contribution in [2.24, 2.45) is 5.92 Å². The Balaban J connectivity index is 2.34. The molecule has 1 aliphatic rings. The van der Waals surface area contributed by atoms with E-state index in [0.717, 1.165) is 25.3 Å². The number of hydrogen-bond acceptors (Lipinski definition) is 1. The summed E-state index contributed by atoms with van der Waals surface area (Å²) in [5.41, 5.74) is 0.228. The van der Waals surface area contributed by atoms with E-state index in [1.54, 1.807) is 7.05 Å². The normalized spacial score (nSPS) is 18.2. The van der Waals surface area contributed by atoms with Gasteiger partial charge in [-0.05, 0) is 31.9 Å². The molecule has 1 nitrogen and oxygen atoms in total. The molecule has 0 spiro atoms. The summed E-state index contributed by atoms with van der Waals surface area (Å²) in [5.74, 6) is -3.25. The Morgan fingerprint density at radius 1 is 1.19 bits per heavy atom. The van der Waals surface area contributed by atoms with Crippen molar-refractivity contribution >= 4 is 0 Å². The average Bonchev–Trinajstić information content (AvgIpc) is 2.21. The van der Waals surface area contributed by atoms with Crippen LogP contribution in [-0.4, -0.2) is 7.05 Å². The average molecular weight is 229 g/mol. The Labute approximate surface area is 92.7 Å². The van der Waals surface area contributed by atoms with Crippen molar-refractivity contribution in [3.8, 4) is 0 Å². The van der Waals surface area contributed by atoms with Crippen LogP contribution in [0.2, 0.25) is 0 Å². The highest BCUT2D eigenvalue weighted by Crippen LogP contribution is 2.38. The summed E-state index contributed by atoms with van der Waals surface area (Å²) in [6, 6.07) is 2.09. The molecule has 1 fully saturated rings. The van der Waals surface area contributed by atoms with Crippen molar-refractivity contribution in [2.75, 3.05) is 7.05 Å². The van der Waals surface area contributed by atoms with Gasteiger partial charge in [0.1, 0.15) is 0 Å². The Morgan fingerprint density at radius 3 is 2.38 bits per heavy atom. The molecule has 4 heteroatoms. The number of nitrogens with one attached hydrogen (secondary N) is 1. The highest BCUT2D eigenvalue weighted by molar-refractivity contribution is 5.24. The largest absolute Gasteiger partial charge is 0.313 e. The van der Waals surface area contributed by atoms with Crippen LogP contribution < -0.4 is 5.32 Å². The Hall–Kier alpha value is -1.03. The van der Waals surface area contributed by atoms with E-state index in [9.17, 15) is 13.2 Å². The molecule has 0 heterocycles. The first-order valence-corrected chi connectivity index (χ1v) is 5.45. The molecular weight excluding hydrogens is 215 g/mol. The molecule has 1 aromatic rings. The zero-order valence-corrected chi connectivity index (χ0v) is 9.06. The second-order valence-electron chi connectivity index (χ2n) is 4.22. The van der Waals surface area contributed by atoms with E-state index in [0.29, 0.717) is 5.92 Å². The van der Waals surface area contributed by atoms with Crippen LogP contribution in [0.5, 0.6) is 0 Å². The summed E-state index contributed by atoms with van der Waals surface area (Å²) in [4.78, 5) is 0. The lowest BCUT2D eigenvalue weighted by atomic mass is 9.77. The Bertz CT molecular complexity index is 388. The van der Waals surface area contributed by atoms with Crippen molar-refractivity contribution in [1.29, 1.82) is 0 Å². The lowest BCUT2D eigenvalue weighted by Gasteiger charge is -2.34. The van der Waals surface area contributed by atoms with Gasteiger partial charge in [0.05, 0.1) is 0 Å². The molecule has 1 saturated carbocycles. The fraction of sp³-hybridized carbons (Fsp3) is 0.500. The number of rotatable bonds is 3. The van der Waals surface area contributed by atoms with Gasteiger partial charge in [-0.1, -0.05) is 12.5 Å². The summed E-state index contributed by atoms with van der Waals surface area (Å²) < 4.78 is 39.4. The second kappa shape index (κ2) is 4.45. The summed E-state index contributed by atoms with van der Waals surface area (Å²) in [6.07, 6.45) is 3.13. The van der Waals surface area contributed by atoms with Crippen LogP contribution in [0.15, 0.2) is 12.1 Å². The molecule has 0 radical (unpaired) electrons. The molecule has 1 N–H and O–H groups in total. The molecule has 0 saturated heterocycles. The molecule has 16 heavy (non-hydrogen) atoms. The summed E-state index contributed by atoms with van der Waals surface area (Å²) >= 11 is 0. The molecule has 0 aromatic heterocycles. The van der Waals surface area contributed by atoms with E-state index in [2.05, 4.69) is 5.32 Å². The van der Waals surface area contributed by atoms with Gasteiger partial charge in [0, 0.05) is 11.6 Å². The first-order valence-electron chi connectivity index (χ1n) is 5.45. The monoisotopic (exact) mass is 229 g/mol. The molecule has 2 rings (SSSR count). The molecule has 88 valence electrons. The maximum absolute atomic E-state index is 13.6. The van der Waals surface area contributed by atoms with Gasteiger partial charge in [0.25, 0.3) is 0 Å². The van der Waals surface area contributed by atoms with Gasteiger partial charge in [-0.2, -0.15) is 0 Å². The van der Waals surface area contributed by atoms with Crippen LogP contribution in [0.4, 0.5) is 13.2 Å². The Kier molecular flexibility index (Phi) is 3.19. The van der Waals surface area contributed by atoms with Crippen LogP contribution in [0, 0.1) is 23.4 Å². The third kappa shape index (κ3) is 1.82. The van der Waals surface area contributed by atoms with Crippen molar-refractivity contribution in [3.05, 3.63) is 35.1 Å². The molecular formula is C12H14F3N. The zero-order valence-electron chi connectivity index (χ0n) is 9.06. The molecule has 1 unspecified atom stereocenters. The van der Waals surface area contributed by atoms with Gasteiger partial charge in [-0.3, -0.25) is 0 Å². The Morgan fingerprint density at radius 2 is 1.88 bits per heavy atom. The van der Waals surface area contributed by atoms with Gasteiger partial charge in [0.15, 0.2) is 17.5 Å². The predicted octanol–water partition coefficient (Wildman–Crippen LogP) is 3.16. The lowest BCUT2D eigenvalue weighted by molar-refractivity contribution is 0.233. The van der Waals surface area contributed by atoms with E-state index in [1.165, 1.54) is 6.07 Å². The van der Waals surface area contributed by atoms with Crippen LogP contribution in [-0.2, 0) is 0 Å². The third-order valence-electron chi connectivity index (χ3n) is 3.33. The van der Waals surface area contributed by atoms with Crippen molar-refractivity contribution < 1.29 is 13.2 Å². The minimum absolute atomic E-state index is 0.219. The van der Waals surface area contributed by atoms with Gasteiger partial charge in [0.2, 0.25) is 0 Å². The van der Waals surface area contributed by atoms with E-state index in [-0.39, 0.29) is 11.6 Å². The van der Waals surface area contributed by atoms with Gasteiger partial charge in [-0.15, -0.1) is 0 Å². The zero-order chi connectivity index (χ0) is 11.7. The molecule has 0 amide bonds. The highest BCUT2D eigenvalue weighted by atomic mass is 19.2. The number of halogens is 3. The van der Waals surface area contributed by atoms with Gasteiger partial charge in [-0.25, -0.2) is 13.2 Å². The summed E-state index contributed by atoms with van der Waals surface area (Å²) in [6.45, 7) is 0. The molecule has 0 aliphatic heterocycles. The van der Waals surface area contributed by atoms with Crippen LogP contribution in [0.25, 0.3) is 0 Å². The highest BCUT2D eigenvalue weighted by Gasteiger charge is 2.30. The predicted molar refractivity (Wildman–Crippen MR) is 55.5 cm³/mol.